The second-order valence-corrected chi connectivity index (χ2v) is 6.41. The van der Waals surface area contributed by atoms with Crippen LogP contribution in [-0.2, 0) is 4.74 Å². The molecule has 0 saturated carbocycles. The summed E-state index contributed by atoms with van der Waals surface area (Å²) < 4.78 is 19.2. The molecule has 134 valence electrons. The molecule has 1 aliphatic rings. The number of ether oxygens (including phenoxy) is 1. The van der Waals surface area contributed by atoms with E-state index in [1.165, 1.54) is 12.1 Å². The number of likely N-dealkylation sites (tertiary alicyclic amines) is 1. The van der Waals surface area contributed by atoms with Crippen LogP contribution >= 0.6 is 0 Å². The van der Waals surface area contributed by atoms with Crippen molar-refractivity contribution in [1.29, 1.82) is 0 Å². The molecule has 1 aliphatic heterocycles. The predicted octanol–water partition coefficient (Wildman–Crippen LogP) is 2.69. The van der Waals surface area contributed by atoms with Crippen LogP contribution in [0.5, 0.6) is 0 Å². The van der Waals surface area contributed by atoms with Crippen molar-refractivity contribution in [3.8, 4) is 0 Å². The van der Waals surface area contributed by atoms with Crippen LogP contribution in [0.2, 0.25) is 0 Å². The smallest absolute Gasteiger partial charge is 0.254 e. The molecule has 2 heterocycles. The van der Waals surface area contributed by atoms with Crippen LogP contribution in [0.25, 0.3) is 10.9 Å². The SMILES string of the molecule is Cc1cc(C(=O)N2CCC(OCCCO)CC2)c2ccc(F)cc2n1. The van der Waals surface area contributed by atoms with E-state index in [1.54, 1.807) is 12.1 Å². The van der Waals surface area contributed by atoms with Gasteiger partial charge in [-0.2, -0.15) is 0 Å². The fourth-order valence-corrected chi connectivity index (χ4v) is 3.22. The van der Waals surface area contributed by atoms with Gasteiger partial charge in [0.1, 0.15) is 5.82 Å². The van der Waals surface area contributed by atoms with E-state index in [9.17, 15) is 9.18 Å². The molecule has 1 fully saturated rings. The van der Waals surface area contributed by atoms with E-state index in [0.717, 1.165) is 12.8 Å². The lowest BCUT2D eigenvalue weighted by Crippen LogP contribution is -2.41. The molecule has 3 rings (SSSR count). The van der Waals surface area contributed by atoms with Crippen LogP contribution in [-0.4, -0.2) is 53.3 Å². The topological polar surface area (TPSA) is 62.7 Å². The van der Waals surface area contributed by atoms with Crippen LogP contribution in [0.4, 0.5) is 4.39 Å². The van der Waals surface area contributed by atoms with Gasteiger partial charge < -0.3 is 14.7 Å². The van der Waals surface area contributed by atoms with E-state index in [0.29, 0.717) is 48.3 Å². The average Bonchev–Trinajstić information content (AvgIpc) is 2.61. The second kappa shape index (κ2) is 7.89. The zero-order chi connectivity index (χ0) is 17.8. The molecule has 1 aromatic heterocycles. The summed E-state index contributed by atoms with van der Waals surface area (Å²) in [6.45, 7) is 3.75. The molecular weight excluding hydrogens is 323 g/mol. The fourth-order valence-electron chi connectivity index (χ4n) is 3.22. The highest BCUT2D eigenvalue weighted by Gasteiger charge is 2.25. The van der Waals surface area contributed by atoms with Crippen LogP contribution in [0.15, 0.2) is 24.3 Å². The Labute approximate surface area is 146 Å². The van der Waals surface area contributed by atoms with E-state index in [-0.39, 0.29) is 24.4 Å². The monoisotopic (exact) mass is 346 g/mol. The lowest BCUT2D eigenvalue weighted by atomic mass is 10.0. The van der Waals surface area contributed by atoms with Gasteiger partial charge in [0.2, 0.25) is 0 Å². The lowest BCUT2D eigenvalue weighted by Gasteiger charge is -2.32. The molecule has 25 heavy (non-hydrogen) atoms. The van der Waals surface area contributed by atoms with Gasteiger partial charge in [-0.15, -0.1) is 0 Å². The second-order valence-electron chi connectivity index (χ2n) is 6.41. The number of carbonyl (C=O) groups excluding carboxylic acids is 1. The molecule has 1 saturated heterocycles. The standard InChI is InChI=1S/C19H23FN2O3/c1-13-11-17(16-4-3-14(20)12-18(16)21-13)19(24)22-7-5-15(6-8-22)25-10-2-9-23/h3-4,11-12,15,23H,2,5-10H2,1H3. The number of benzene rings is 1. The van der Waals surface area contributed by atoms with E-state index < -0.39 is 0 Å². The number of piperidine rings is 1. The minimum atomic E-state index is -0.357. The number of hydrogen-bond acceptors (Lipinski definition) is 4. The fraction of sp³-hybridized carbons (Fsp3) is 0.474. The van der Waals surface area contributed by atoms with Gasteiger partial charge in [-0.05, 0) is 44.4 Å². The van der Waals surface area contributed by atoms with Gasteiger partial charge in [0.25, 0.3) is 5.91 Å². The Bertz CT molecular complexity index is 752. The van der Waals surface area contributed by atoms with E-state index >= 15 is 0 Å². The number of halogens is 1. The highest BCUT2D eigenvalue weighted by Crippen LogP contribution is 2.23. The van der Waals surface area contributed by atoms with Gasteiger partial charge in [0.05, 0.1) is 17.2 Å². The van der Waals surface area contributed by atoms with Gasteiger partial charge in [0, 0.05) is 43.4 Å². The maximum absolute atomic E-state index is 13.5. The molecule has 5 nitrogen and oxygen atoms in total. The molecule has 0 spiro atoms. The van der Waals surface area contributed by atoms with Crippen LogP contribution in [0.1, 0.15) is 35.3 Å². The first-order valence-electron chi connectivity index (χ1n) is 8.67. The van der Waals surface area contributed by atoms with Gasteiger partial charge >= 0.3 is 0 Å². The van der Waals surface area contributed by atoms with Crippen LogP contribution in [0.3, 0.4) is 0 Å². The first-order chi connectivity index (χ1) is 12.1. The van der Waals surface area contributed by atoms with Gasteiger partial charge in [0.15, 0.2) is 0 Å². The third-order valence-electron chi connectivity index (χ3n) is 4.52. The van der Waals surface area contributed by atoms with Crippen LogP contribution < -0.4 is 0 Å². The van der Waals surface area contributed by atoms with Crippen molar-refractivity contribution in [2.45, 2.75) is 32.3 Å². The molecule has 1 N–H and O–H groups in total. The Morgan fingerprint density at radius 1 is 1.36 bits per heavy atom. The molecule has 2 aromatic rings. The molecule has 0 radical (unpaired) electrons. The first-order valence-corrected chi connectivity index (χ1v) is 8.67. The number of aromatic nitrogens is 1. The number of hydrogen-bond donors (Lipinski definition) is 1. The van der Waals surface area contributed by atoms with Crippen molar-refractivity contribution in [2.75, 3.05) is 26.3 Å². The van der Waals surface area contributed by atoms with Gasteiger partial charge in [-0.1, -0.05) is 0 Å². The first kappa shape index (κ1) is 17.8. The number of carbonyl (C=O) groups is 1. The number of aryl methyl sites for hydroxylation is 1. The third-order valence-corrected chi connectivity index (χ3v) is 4.52. The normalized spacial score (nSPS) is 15.7. The van der Waals surface area contributed by atoms with Crippen molar-refractivity contribution >= 4 is 16.8 Å². The minimum absolute atomic E-state index is 0.0454. The van der Waals surface area contributed by atoms with Crippen LogP contribution in [0, 0.1) is 12.7 Å². The summed E-state index contributed by atoms with van der Waals surface area (Å²) in [5.41, 5.74) is 1.77. The number of aliphatic hydroxyl groups excluding tert-OH is 1. The summed E-state index contributed by atoms with van der Waals surface area (Å²) in [4.78, 5) is 19.1. The third kappa shape index (κ3) is 4.14. The van der Waals surface area contributed by atoms with Crippen molar-refractivity contribution in [3.63, 3.8) is 0 Å². The molecule has 0 bridgehead atoms. The molecular formula is C19H23FN2O3. The van der Waals surface area contributed by atoms with E-state index in [1.807, 2.05) is 11.8 Å². The molecule has 1 aromatic carbocycles. The Morgan fingerprint density at radius 3 is 2.84 bits per heavy atom. The lowest BCUT2D eigenvalue weighted by molar-refractivity contribution is 0.00402. The Hall–Kier alpha value is -2.05. The quantitative estimate of drug-likeness (QED) is 0.846. The molecule has 0 unspecified atom stereocenters. The Balaban J connectivity index is 1.73. The molecule has 0 atom stereocenters. The van der Waals surface area contributed by atoms with E-state index in [2.05, 4.69) is 4.98 Å². The maximum Gasteiger partial charge on any atom is 0.254 e. The van der Waals surface area contributed by atoms with Crippen molar-refractivity contribution < 1.29 is 19.0 Å². The van der Waals surface area contributed by atoms with Gasteiger partial charge in [-0.3, -0.25) is 9.78 Å². The van der Waals surface area contributed by atoms with E-state index in [4.69, 9.17) is 9.84 Å². The number of pyridine rings is 1. The summed E-state index contributed by atoms with van der Waals surface area (Å²) in [5, 5.41) is 9.48. The van der Waals surface area contributed by atoms with Crippen molar-refractivity contribution in [3.05, 3.63) is 41.3 Å². The number of fused-ring (bicyclic) bond motifs is 1. The molecule has 1 amide bonds. The number of aliphatic hydroxyl groups is 1. The average molecular weight is 346 g/mol. The number of nitrogens with zero attached hydrogens (tertiary/aromatic N) is 2. The van der Waals surface area contributed by atoms with Crippen molar-refractivity contribution in [2.24, 2.45) is 0 Å². The summed E-state index contributed by atoms with van der Waals surface area (Å²) in [6.07, 6.45) is 2.35. The highest BCUT2D eigenvalue weighted by atomic mass is 19.1. The minimum Gasteiger partial charge on any atom is -0.396 e. The largest absolute Gasteiger partial charge is 0.396 e. The Morgan fingerprint density at radius 2 is 2.12 bits per heavy atom. The van der Waals surface area contributed by atoms with Gasteiger partial charge in [-0.25, -0.2) is 4.39 Å². The molecule has 0 aliphatic carbocycles. The maximum atomic E-state index is 13.5. The molecule has 6 heteroatoms. The predicted molar refractivity (Wildman–Crippen MR) is 93.0 cm³/mol. The summed E-state index contributed by atoms with van der Waals surface area (Å²) in [7, 11) is 0. The number of amides is 1. The zero-order valence-electron chi connectivity index (χ0n) is 14.4. The van der Waals surface area contributed by atoms with Crippen molar-refractivity contribution in [1.82, 2.24) is 9.88 Å². The number of rotatable bonds is 5. The zero-order valence-corrected chi connectivity index (χ0v) is 14.4. The summed E-state index contributed by atoms with van der Waals surface area (Å²) in [5.74, 6) is -0.402. The Kier molecular flexibility index (Phi) is 5.60. The summed E-state index contributed by atoms with van der Waals surface area (Å²) >= 11 is 0. The highest BCUT2D eigenvalue weighted by molar-refractivity contribution is 6.06. The summed E-state index contributed by atoms with van der Waals surface area (Å²) in [6, 6.07) is 6.11.